The highest BCUT2D eigenvalue weighted by atomic mass is 32.1. The maximum atomic E-state index is 15.5. The van der Waals surface area contributed by atoms with Crippen molar-refractivity contribution in [1.82, 2.24) is 8.75 Å². The molecule has 5 rings (SSSR count). The summed E-state index contributed by atoms with van der Waals surface area (Å²) in [5.74, 6) is 0.626. The van der Waals surface area contributed by atoms with E-state index in [0.29, 0.717) is 68.5 Å². The first-order valence-electron chi connectivity index (χ1n) is 21.7. The number of hydrogen-bond acceptors (Lipinski definition) is 7. The van der Waals surface area contributed by atoms with E-state index in [4.69, 9.17) is 8.75 Å². The number of carbonyl (C=O) groups is 1. The second-order valence-corrected chi connectivity index (χ2v) is 34.7. The molecule has 3 aromatic heterocycles. The lowest BCUT2D eigenvalue weighted by atomic mass is 9.79. The zero-order valence-electron chi connectivity index (χ0n) is 37.8. The predicted octanol–water partition coefficient (Wildman–Crippen LogP) is 13.9. The molecule has 2 unspecified atom stereocenters. The van der Waals surface area contributed by atoms with Crippen molar-refractivity contribution in [2.45, 2.75) is 189 Å². The molecule has 2 aliphatic rings. The number of Topliss-reactive ketones (excluding diaryl/α,β-unsaturated/α-hetero) is 1. The van der Waals surface area contributed by atoms with Crippen LogP contribution in [-0.4, -0.2) is 35.4 Å². The van der Waals surface area contributed by atoms with Crippen molar-refractivity contribution in [3.05, 3.63) is 60.6 Å². The maximum absolute atomic E-state index is 15.5. The SMILES string of the molecule is Cc1cc(C2=C3C(=C(CCC(C)CCCC(C)C)[N+]2=O)C(=O)C(c2cc(C)c([Si](C(C)C)(C(C)C)C(C)C)s2)c2nsnc23)sc1[Si](C(C)C)(C(C)C)C(C)C. The van der Waals surface area contributed by atoms with E-state index in [2.05, 4.69) is 130 Å². The minimum atomic E-state index is -2.01. The molecule has 0 amide bonds. The fourth-order valence-electron chi connectivity index (χ4n) is 11.7. The normalized spacial score (nSPS) is 17.5. The molecule has 0 bridgehead atoms. The van der Waals surface area contributed by atoms with Gasteiger partial charge in [0.05, 0.1) is 27.8 Å². The lowest BCUT2D eigenvalue weighted by Crippen LogP contribution is -2.55. The third kappa shape index (κ3) is 7.47. The summed E-state index contributed by atoms with van der Waals surface area (Å²) < 4.78 is 14.1. The summed E-state index contributed by atoms with van der Waals surface area (Å²) in [6.07, 6.45) is 5.00. The average molecular weight is 851 g/mol. The van der Waals surface area contributed by atoms with Crippen LogP contribution in [0.1, 0.15) is 174 Å². The van der Waals surface area contributed by atoms with Crippen LogP contribution < -0.4 is 9.00 Å². The van der Waals surface area contributed by atoms with Crippen molar-refractivity contribution in [3.8, 4) is 0 Å². The first-order chi connectivity index (χ1) is 26.2. The van der Waals surface area contributed by atoms with Crippen LogP contribution in [0.2, 0.25) is 33.2 Å². The molecule has 3 aromatic rings. The van der Waals surface area contributed by atoms with Crippen molar-refractivity contribution >= 4 is 76.6 Å². The summed E-state index contributed by atoms with van der Waals surface area (Å²) in [4.78, 5) is 32.6. The fourth-order valence-corrected chi connectivity index (χ4v) is 33.3. The molecule has 5 nitrogen and oxygen atoms in total. The lowest BCUT2D eigenvalue weighted by Gasteiger charge is -2.43. The van der Waals surface area contributed by atoms with Gasteiger partial charge in [0.15, 0.2) is 5.78 Å². The predicted molar refractivity (Wildman–Crippen MR) is 251 cm³/mol. The molecule has 10 heteroatoms. The third-order valence-electron chi connectivity index (χ3n) is 14.0. The first-order valence-corrected chi connectivity index (χ1v) is 28.5. The van der Waals surface area contributed by atoms with Crippen molar-refractivity contribution in [2.24, 2.45) is 11.8 Å². The van der Waals surface area contributed by atoms with Crippen LogP contribution in [0.25, 0.3) is 11.3 Å². The molecule has 1 aliphatic heterocycles. The highest BCUT2D eigenvalue weighted by Crippen LogP contribution is 2.54. The number of carbonyl (C=O) groups excluding carboxylic acids is 1. The number of rotatable bonds is 17. The second kappa shape index (κ2) is 17.4. The van der Waals surface area contributed by atoms with Crippen LogP contribution in [0.5, 0.6) is 0 Å². The summed E-state index contributed by atoms with van der Waals surface area (Å²) in [7, 11) is -3.99. The molecule has 0 spiro atoms. The van der Waals surface area contributed by atoms with Crippen molar-refractivity contribution in [1.29, 1.82) is 0 Å². The van der Waals surface area contributed by atoms with E-state index in [0.717, 1.165) is 39.6 Å². The lowest BCUT2D eigenvalue weighted by molar-refractivity contribution is -0.397. The minimum absolute atomic E-state index is 0.0287. The van der Waals surface area contributed by atoms with Crippen LogP contribution in [0.15, 0.2) is 23.4 Å². The van der Waals surface area contributed by atoms with E-state index in [1.807, 2.05) is 22.7 Å². The van der Waals surface area contributed by atoms with Gasteiger partial charge in [-0.25, -0.2) is 0 Å². The standard InChI is InChI=1S/C46H72N3O2S3Si2/c1-25(2)19-18-20-32(15)21-22-35-38-40(43(49(35)51)37-24-34(17)46(53-37)56(29(9)10,30(11)12)31(13)14)42-41(47-54-48-42)39(44(38)50)36-23-33(16)45(52-36)55(26(3)4,27(5)6)28(7)8/h23-32,39H,18-22H2,1-17H3/q+1. The summed E-state index contributed by atoms with van der Waals surface area (Å²) in [5.41, 5.74) is 10.00. The number of nitrogens with zero attached hydrogens (tertiary/aromatic N) is 3. The molecule has 56 heavy (non-hydrogen) atoms. The van der Waals surface area contributed by atoms with Crippen LogP contribution in [0.3, 0.4) is 0 Å². The molecule has 0 aromatic carbocycles. The van der Waals surface area contributed by atoms with E-state index in [-0.39, 0.29) is 5.78 Å². The Labute approximate surface area is 354 Å². The fraction of sp³-hybridized carbons (Fsp3) is 0.674. The Morgan fingerprint density at radius 1 is 0.679 bits per heavy atom. The van der Waals surface area contributed by atoms with Crippen LogP contribution in [0, 0.1) is 30.6 Å². The third-order valence-corrected chi connectivity index (χ3v) is 33.3. The molecule has 0 radical (unpaired) electrons. The molecular formula is C46H72N3O2S3Si2+. The summed E-state index contributed by atoms with van der Waals surface area (Å²) in [5, 5.41) is 0. The second-order valence-electron chi connectivity index (χ2n) is 19.7. The number of nitroso groups, excluding NO2 is 1. The smallest absolute Gasteiger partial charge is 0.290 e. The van der Waals surface area contributed by atoms with Gasteiger partial charge in [-0.1, -0.05) is 123 Å². The quantitative estimate of drug-likeness (QED) is 0.100. The molecule has 0 saturated heterocycles. The monoisotopic (exact) mass is 850 g/mol. The number of thiophene rings is 2. The van der Waals surface area contributed by atoms with Gasteiger partial charge in [0.1, 0.15) is 38.2 Å². The Balaban J connectivity index is 1.73. The van der Waals surface area contributed by atoms with Crippen molar-refractivity contribution < 1.29 is 9.55 Å². The highest BCUT2D eigenvalue weighted by molar-refractivity contribution is 7.29. The minimum Gasteiger partial charge on any atom is -0.293 e. The number of hydrogen-bond donors (Lipinski definition) is 0. The van der Waals surface area contributed by atoms with Gasteiger partial charge >= 0.3 is 0 Å². The van der Waals surface area contributed by atoms with Crippen LogP contribution in [0.4, 0.5) is 0 Å². The Morgan fingerprint density at radius 2 is 1.20 bits per heavy atom. The topological polar surface area (TPSA) is 62.9 Å². The average Bonchev–Trinajstić information content (AvgIpc) is 3.85. The van der Waals surface area contributed by atoms with Gasteiger partial charge in [0.25, 0.3) is 11.4 Å². The molecular weight excluding hydrogens is 779 g/mol. The Morgan fingerprint density at radius 3 is 1.71 bits per heavy atom. The Hall–Kier alpha value is -1.86. The van der Waals surface area contributed by atoms with Gasteiger partial charge in [0.2, 0.25) is 0 Å². The largest absolute Gasteiger partial charge is 0.293 e. The molecule has 0 N–H and O–H groups in total. The van der Waals surface area contributed by atoms with Gasteiger partial charge in [0, 0.05) is 16.2 Å². The van der Waals surface area contributed by atoms with Crippen molar-refractivity contribution in [3.63, 3.8) is 0 Å². The summed E-state index contributed by atoms with van der Waals surface area (Å²) >= 11 is 4.87. The molecule has 1 aliphatic carbocycles. The highest BCUT2D eigenvalue weighted by Gasteiger charge is 2.55. The molecule has 2 atom stereocenters. The van der Waals surface area contributed by atoms with E-state index in [9.17, 15) is 0 Å². The van der Waals surface area contributed by atoms with Gasteiger partial charge in [-0.2, -0.15) is 8.75 Å². The first kappa shape index (κ1) is 45.2. The molecule has 308 valence electrons. The Kier molecular flexibility index (Phi) is 14.0. The zero-order valence-corrected chi connectivity index (χ0v) is 42.2. The maximum Gasteiger partial charge on any atom is 0.290 e. The number of aromatic nitrogens is 2. The number of aryl methyl sites for hydroxylation is 2. The number of ketones is 1. The van der Waals surface area contributed by atoms with E-state index < -0.39 is 22.1 Å². The van der Waals surface area contributed by atoms with E-state index in [1.54, 1.807) is 0 Å². The molecule has 0 fully saturated rings. The molecule has 0 saturated carbocycles. The number of allylic oxidation sites excluding steroid dienone is 3. The van der Waals surface area contributed by atoms with Gasteiger partial charge in [-0.3, -0.25) is 4.79 Å². The van der Waals surface area contributed by atoms with Crippen LogP contribution >= 0.6 is 34.4 Å². The van der Waals surface area contributed by atoms with E-state index in [1.165, 1.54) is 49.5 Å². The van der Waals surface area contributed by atoms with Gasteiger partial charge in [-0.05, 0) is 97.6 Å². The van der Waals surface area contributed by atoms with Crippen LogP contribution in [-0.2, 0) is 4.79 Å². The molecule has 4 heterocycles. The van der Waals surface area contributed by atoms with Gasteiger partial charge < -0.3 is 0 Å². The van der Waals surface area contributed by atoms with Gasteiger partial charge in [-0.15, -0.1) is 22.7 Å². The number of fused-ring (bicyclic) bond motifs is 3. The van der Waals surface area contributed by atoms with E-state index >= 15 is 9.70 Å². The Bertz CT molecular complexity index is 1950. The zero-order chi connectivity index (χ0) is 41.8. The van der Waals surface area contributed by atoms with Crippen molar-refractivity contribution in [2.75, 3.05) is 0 Å². The summed E-state index contributed by atoms with van der Waals surface area (Å²) in [6, 6.07) is 4.55. The summed E-state index contributed by atoms with van der Waals surface area (Å²) in [6.45, 7) is 40.3.